The van der Waals surface area contributed by atoms with Crippen molar-refractivity contribution in [1.82, 2.24) is 15.0 Å². The first-order chi connectivity index (χ1) is 11.8. The number of rotatable bonds is 4. The van der Waals surface area contributed by atoms with E-state index in [-0.39, 0.29) is 23.5 Å². The van der Waals surface area contributed by atoms with Gasteiger partial charge in [0.1, 0.15) is 23.5 Å². The number of alkyl halides is 3. The Kier molecular flexibility index (Phi) is 4.76. The van der Waals surface area contributed by atoms with E-state index in [1.54, 1.807) is 19.2 Å². The number of halogens is 4. The lowest BCUT2D eigenvalue weighted by molar-refractivity contribution is -0.137. The molecule has 0 spiro atoms. The van der Waals surface area contributed by atoms with Crippen LogP contribution in [0.25, 0.3) is 0 Å². The molecule has 132 valence electrons. The minimum absolute atomic E-state index is 0.111. The molecule has 0 aliphatic carbocycles. The number of nitrogens with zero attached hydrogens (tertiary/aromatic N) is 4. The Morgan fingerprint density at radius 1 is 1.36 bits per heavy atom. The highest BCUT2D eigenvalue weighted by atomic mass is 35.5. The number of hydrogen-bond donors (Lipinski definition) is 1. The maximum atomic E-state index is 12.6. The molecule has 0 bridgehead atoms. The summed E-state index contributed by atoms with van der Waals surface area (Å²) in [5.74, 6) is 0.784. The molecular formula is C15H13ClF3N5O. The van der Waals surface area contributed by atoms with Gasteiger partial charge in [-0.2, -0.15) is 13.2 Å². The second-order valence-electron chi connectivity index (χ2n) is 5.39. The summed E-state index contributed by atoms with van der Waals surface area (Å²) >= 11 is 5.85. The van der Waals surface area contributed by atoms with E-state index in [0.29, 0.717) is 23.7 Å². The topological polar surface area (TPSA) is 72.3 Å². The van der Waals surface area contributed by atoms with Gasteiger partial charge >= 0.3 is 6.18 Å². The van der Waals surface area contributed by atoms with Crippen LogP contribution in [0.2, 0.25) is 5.02 Å². The van der Waals surface area contributed by atoms with Crippen LogP contribution in [0.15, 0.2) is 29.7 Å². The molecule has 1 aliphatic rings. The van der Waals surface area contributed by atoms with Crippen molar-refractivity contribution in [3.8, 4) is 0 Å². The molecule has 25 heavy (non-hydrogen) atoms. The van der Waals surface area contributed by atoms with Crippen molar-refractivity contribution in [2.24, 2.45) is 5.16 Å². The van der Waals surface area contributed by atoms with E-state index < -0.39 is 11.7 Å². The Morgan fingerprint density at radius 2 is 2.16 bits per heavy atom. The fraction of sp³-hybridized carbons (Fsp3) is 0.333. The van der Waals surface area contributed by atoms with Gasteiger partial charge in [0.2, 0.25) is 0 Å². The Labute approximate surface area is 146 Å². The van der Waals surface area contributed by atoms with Crippen LogP contribution in [0.5, 0.6) is 0 Å². The highest BCUT2D eigenvalue weighted by Gasteiger charge is 2.31. The molecule has 0 amide bonds. The van der Waals surface area contributed by atoms with Gasteiger partial charge in [-0.05, 0) is 19.1 Å². The van der Waals surface area contributed by atoms with Crippen molar-refractivity contribution in [3.05, 3.63) is 46.6 Å². The van der Waals surface area contributed by atoms with Crippen LogP contribution in [0.1, 0.15) is 23.5 Å². The molecule has 3 heterocycles. The first-order valence-electron chi connectivity index (χ1n) is 7.32. The molecule has 2 aromatic rings. The van der Waals surface area contributed by atoms with Crippen molar-refractivity contribution >= 4 is 23.1 Å². The van der Waals surface area contributed by atoms with Crippen molar-refractivity contribution in [1.29, 1.82) is 0 Å². The number of hydrogen-bond acceptors (Lipinski definition) is 6. The monoisotopic (exact) mass is 371 g/mol. The normalized spacial score (nSPS) is 17.2. The second-order valence-corrected chi connectivity index (χ2v) is 5.80. The molecule has 10 heteroatoms. The molecule has 0 fully saturated rings. The van der Waals surface area contributed by atoms with Gasteiger partial charge in [-0.3, -0.25) is 0 Å². The van der Waals surface area contributed by atoms with Gasteiger partial charge in [0.05, 0.1) is 22.8 Å². The van der Waals surface area contributed by atoms with E-state index in [1.165, 1.54) is 0 Å². The van der Waals surface area contributed by atoms with Crippen LogP contribution in [0.4, 0.5) is 19.0 Å². The maximum Gasteiger partial charge on any atom is 0.417 e. The smallest absolute Gasteiger partial charge is 0.390 e. The van der Waals surface area contributed by atoms with Crippen LogP contribution < -0.4 is 5.32 Å². The average molecular weight is 372 g/mol. The first-order valence-corrected chi connectivity index (χ1v) is 7.70. The molecule has 3 rings (SSSR count). The highest BCUT2D eigenvalue weighted by Crippen LogP contribution is 2.32. The number of aryl methyl sites for hydroxylation is 1. The van der Waals surface area contributed by atoms with Crippen LogP contribution in [0, 0.1) is 6.92 Å². The molecular weight excluding hydrogens is 359 g/mol. The number of anilines is 1. The van der Waals surface area contributed by atoms with Gasteiger partial charge in [0.25, 0.3) is 0 Å². The summed E-state index contributed by atoms with van der Waals surface area (Å²) in [6.45, 7) is 2.06. The van der Waals surface area contributed by atoms with E-state index in [2.05, 4.69) is 25.4 Å². The van der Waals surface area contributed by atoms with E-state index >= 15 is 0 Å². The van der Waals surface area contributed by atoms with Crippen molar-refractivity contribution in [2.75, 3.05) is 11.9 Å². The zero-order valence-electron chi connectivity index (χ0n) is 13.0. The molecule has 0 saturated heterocycles. The van der Waals surface area contributed by atoms with Crippen LogP contribution >= 0.6 is 11.6 Å². The average Bonchev–Trinajstić information content (AvgIpc) is 3.02. The Bertz CT molecular complexity index is 812. The van der Waals surface area contributed by atoms with Crippen LogP contribution in [0.3, 0.4) is 0 Å². The zero-order chi connectivity index (χ0) is 18.0. The molecule has 2 aromatic heterocycles. The molecule has 0 saturated carbocycles. The van der Waals surface area contributed by atoms with Gasteiger partial charge in [-0.25, -0.2) is 15.0 Å². The van der Waals surface area contributed by atoms with Crippen molar-refractivity contribution < 1.29 is 18.0 Å². The third kappa shape index (κ3) is 4.16. The summed E-state index contributed by atoms with van der Waals surface area (Å²) < 4.78 is 37.8. The molecule has 0 unspecified atom stereocenters. The third-order valence-corrected chi connectivity index (χ3v) is 3.76. The van der Waals surface area contributed by atoms with E-state index in [9.17, 15) is 13.2 Å². The third-order valence-electron chi connectivity index (χ3n) is 3.47. The molecule has 1 N–H and O–H groups in total. The van der Waals surface area contributed by atoms with E-state index in [1.807, 2.05) is 0 Å². The summed E-state index contributed by atoms with van der Waals surface area (Å²) in [7, 11) is 0. The quantitative estimate of drug-likeness (QED) is 0.891. The SMILES string of the molecule is Cc1nccc(C2=NO[C@@H](CNc3ncc(C(F)(F)F)cc3Cl)C2)n1. The minimum Gasteiger partial charge on any atom is -0.390 e. The predicted octanol–water partition coefficient (Wildman–Crippen LogP) is 3.46. The molecule has 0 aromatic carbocycles. The van der Waals surface area contributed by atoms with Crippen LogP contribution in [-0.2, 0) is 11.0 Å². The molecule has 1 atom stereocenters. The van der Waals surface area contributed by atoms with E-state index in [0.717, 1.165) is 12.3 Å². The van der Waals surface area contributed by atoms with Crippen LogP contribution in [-0.4, -0.2) is 33.3 Å². The number of aromatic nitrogens is 3. The summed E-state index contributed by atoms with van der Waals surface area (Å²) in [6.07, 6.45) is -1.91. The number of nitrogens with one attached hydrogen (secondary N) is 1. The Morgan fingerprint density at radius 3 is 2.84 bits per heavy atom. The van der Waals surface area contributed by atoms with Gasteiger partial charge in [0.15, 0.2) is 0 Å². The van der Waals surface area contributed by atoms with Gasteiger partial charge in [-0.1, -0.05) is 16.8 Å². The maximum absolute atomic E-state index is 12.6. The van der Waals surface area contributed by atoms with Crippen molar-refractivity contribution in [3.63, 3.8) is 0 Å². The first kappa shape index (κ1) is 17.4. The highest BCUT2D eigenvalue weighted by molar-refractivity contribution is 6.32. The lowest BCUT2D eigenvalue weighted by Crippen LogP contribution is -2.21. The second kappa shape index (κ2) is 6.83. The fourth-order valence-corrected chi connectivity index (χ4v) is 2.47. The van der Waals surface area contributed by atoms with Gasteiger partial charge in [0, 0.05) is 18.8 Å². The summed E-state index contributed by atoms with van der Waals surface area (Å²) in [6, 6.07) is 2.57. The Hall–Kier alpha value is -2.42. The lowest BCUT2D eigenvalue weighted by Gasteiger charge is -2.13. The largest absolute Gasteiger partial charge is 0.417 e. The minimum atomic E-state index is -4.48. The van der Waals surface area contributed by atoms with Crippen molar-refractivity contribution in [2.45, 2.75) is 25.6 Å². The predicted molar refractivity (Wildman–Crippen MR) is 85.5 cm³/mol. The number of pyridine rings is 1. The summed E-state index contributed by atoms with van der Waals surface area (Å²) in [4.78, 5) is 17.3. The Balaban J connectivity index is 1.59. The lowest BCUT2D eigenvalue weighted by atomic mass is 10.1. The standard InChI is InChI=1S/C15H13ClF3N5O/c1-8-20-3-2-12(23-8)13-5-10(25-24-13)7-22-14-11(16)4-9(6-21-14)15(17,18)19/h2-4,6,10H,5,7H2,1H3,(H,21,22)/t10-/m1/s1. The molecule has 0 radical (unpaired) electrons. The fourth-order valence-electron chi connectivity index (χ4n) is 2.24. The van der Waals surface area contributed by atoms with Gasteiger partial charge in [-0.15, -0.1) is 0 Å². The summed E-state index contributed by atoms with van der Waals surface area (Å²) in [5.41, 5.74) is 0.467. The van der Waals surface area contributed by atoms with E-state index in [4.69, 9.17) is 16.4 Å². The zero-order valence-corrected chi connectivity index (χ0v) is 13.8. The molecule has 6 nitrogen and oxygen atoms in total. The molecule has 1 aliphatic heterocycles. The summed E-state index contributed by atoms with van der Waals surface area (Å²) in [5, 5.41) is 6.76. The number of oxime groups is 1. The van der Waals surface area contributed by atoms with Gasteiger partial charge < -0.3 is 10.2 Å².